The highest BCUT2D eigenvalue weighted by Gasteiger charge is 2.55. The Morgan fingerprint density at radius 1 is 1.31 bits per heavy atom. The zero-order valence-electron chi connectivity index (χ0n) is 14.2. The minimum atomic E-state index is -4.20. The number of nitrogens with zero attached hydrogens (tertiary/aromatic N) is 2. The smallest absolute Gasteiger partial charge is 0.389 e. The van der Waals surface area contributed by atoms with Gasteiger partial charge in [0.25, 0.3) is 10.2 Å². The molecule has 1 spiro atoms. The Morgan fingerprint density at radius 2 is 2.00 bits per heavy atom. The van der Waals surface area contributed by atoms with E-state index >= 15 is 0 Å². The van der Waals surface area contributed by atoms with Crippen molar-refractivity contribution in [2.45, 2.75) is 38.3 Å². The normalized spacial score (nSPS) is 23.2. The summed E-state index contributed by atoms with van der Waals surface area (Å²) < 4.78 is 66.6. The molecule has 26 heavy (non-hydrogen) atoms. The van der Waals surface area contributed by atoms with Gasteiger partial charge < -0.3 is 4.74 Å². The van der Waals surface area contributed by atoms with Crippen molar-refractivity contribution in [3.05, 3.63) is 23.9 Å². The lowest BCUT2D eigenvalue weighted by Gasteiger charge is -2.30. The molecule has 1 aromatic heterocycles. The summed E-state index contributed by atoms with van der Waals surface area (Å²) in [5.41, 5.74) is 0.446. The van der Waals surface area contributed by atoms with Gasteiger partial charge in [-0.2, -0.15) is 25.9 Å². The molecule has 1 atom stereocenters. The second-order valence-corrected chi connectivity index (χ2v) is 8.65. The minimum absolute atomic E-state index is 0.0923. The van der Waals surface area contributed by atoms with Gasteiger partial charge in [0.1, 0.15) is 0 Å². The van der Waals surface area contributed by atoms with Gasteiger partial charge in [0.2, 0.25) is 5.88 Å². The fraction of sp³-hybridized carbons (Fsp3) is 0.688. The number of ether oxygens (including phenoxy) is 1. The maximum atomic E-state index is 12.3. The topological polar surface area (TPSA) is 85.5 Å². The highest BCUT2D eigenvalue weighted by molar-refractivity contribution is 7.86. The standard InChI is InChI=1S/C16H22F3N3O3S/c17-16(18,19)5-4-13-2-1-3-14(21-13)25-11-12-10-15(12)6-8-22(9-7-15)26(20,23)24/h1-3,12H,4-11H2,(H2,20,23,24)/t12-/m0/s1. The molecule has 0 radical (unpaired) electrons. The predicted octanol–water partition coefficient (Wildman–Crippen LogP) is 2.26. The van der Waals surface area contributed by atoms with Crippen molar-refractivity contribution in [2.24, 2.45) is 16.5 Å². The van der Waals surface area contributed by atoms with Crippen molar-refractivity contribution >= 4 is 10.2 Å². The van der Waals surface area contributed by atoms with Crippen molar-refractivity contribution in [2.75, 3.05) is 19.7 Å². The van der Waals surface area contributed by atoms with Crippen LogP contribution in [0.5, 0.6) is 5.88 Å². The van der Waals surface area contributed by atoms with Crippen LogP contribution < -0.4 is 9.88 Å². The molecular weight excluding hydrogens is 371 g/mol. The van der Waals surface area contributed by atoms with E-state index in [1.54, 1.807) is 18.2 Å². The molecule has 2 N–H and O–H groups in total. The first-order valence-electron chi connectivity index (χ1n) is 8.51. The van der Waals surface area contributed by atoms with Gasteiger partial charge in [-0.3, -0.25) is 0 Å². The van der Waals surface area contributed by atoms with E-state index in [4.69, 9.17) is 9.88 Å². The van der Waals surface area contributed by atoms with Gasteiger partial charge in [0.05, 0.1) is 6.61 Å². The number of rotatable bonds is 6. The molecule has 3 rings (SSSR count). The molecule has 1 aliphatic carbocycles. The number of piperidine rings is 1. The number of hydrogen-bond acceptors (Lipinski definition) is 4. The molecule has 2 fully saturated rings. The molecule has 1 aromatic rings. The van der Waals surface area contributed by atoms with Crippen molar-refractivity contribution in [1.82, 2.24) is 9.29 Å². The molecule has 0 amide bonds. The fourth-order valence-corrected chi connectivity index (χ4v) is 4.29. The second-order valence-electron chi connectivity index (χ2n) is 7.10. The molecule has 0 bridgehead atoms. The zero-order chi connectivity index (χ0) is 19.0. The SMILES string of the molecule is NS(=O)(=O)N1CCC2(CC1)C[C@H]2COc1cccc(CCC(F)(F)F)n1. The summed E-state index contributed by atoms with van der Waals surface area (Å²) >= 11 is 0. The van der Waals surface area contributed by atoms with Crippen LogP contribution in [0.15, 0.2) is 18.2 Å². The highest BCUT2D eigenvalue weighted by atomic mass is 32.2. The zero-order valence-corrected chi connectivity index (χ0v) is 15.0. The van der Waals surface area contributed by atoms with E-state index < -0.39 is 22.8 Å². The van der Waals surface area contributed by atoms with E-state index in [1.165, 1.54) is 4.31 Å². The summed E-state index contributed by atoms with van der Waals surface area (Å²) in [6.07, 6.45) is -2.83. The molecule has 6 nitrogen and oxygen atoms in total. The molecule has 10 heteroatoms. The van der Waals surface area contributed by atoms with Gasteiger partial charge in [-0.1, -0.05) is 6.07 Å². The molecule has 0 aromatic carbocycles. The van der Waals surface area contributed by atoms with Gasteiger partial charge >= 0.3 is 6.18 Å². The van der Waals surface area contributed by atoms with Crippen molar-refractivity contribution in [3.8, 4) is 5.88 Å². The number of aryl methyl sites for hydroxylation is 1. The number of aromatic nitrogens is 1. The monoisotopic (exact) mass is 393 g/mol. The largest absolute Gasteiger partial charge is 0.477 e. The highest BCUT2D eigenvalue weighted by Crippen LogP contribution is 2.59. The average Bonchev–Trinajstić information content (AvgIpc) is 3.22. The number of nitrogens with two attached hydrogens (primary N) is 1. The van der Waals surface area contributed by atoms with Crippen LogP contribution >= 0.6 is 0 Å². The fourth-order valence-electron chi connectivity index (χ4n) is 3.60. The van der Waals surface area contributed by atoms with Crippen molar-refractivity contribution in [3.63, 3.8) is 0 Å². The Morgan fingerprint density at radius 3 is 2.62 bits per heavy atom. The second kappa shape index (κ2) is 6.97. The van der Waals surface area contributed by atoms with Crippen LogP contribution in [0, 0.1) is 11.3 Å². The lowest BCUT2D eigenvalue weighted by Crippen LogP contribution is -2.43. The van der Waals surface area contributed by atoms with Gasteiger partial charge in [-0.05, 0) is 43.1 Å². The van der Waals surface area contributed by atoms with Crippen LogP contribution in [0.4, 0.5) is 13.2 Å². The quantitative estimate of drug-likeness (QED) is 0.803. The molecule has 1 saturated heterocycles. The van der Waals surface area contributed by atoms with E-state index in [9.17, 15) is 21.6 Å². The molecule has 1 saturated carbocycles. The lowest BCUT2D eigenvalue weighted by molar-refractivity contribution is -0.134. The van der Waals surface area contributed by atoms with E-state index in [0.717, 1.165) is 19.3 Å². The Labute approximate surface area is 150 Å². The van der Waals surface area contributed by atoms with Crippen molar-refractivity contribution in [1.29, 1.82) is 0 Å². The predicted molar refractivity (Wildman–Crippen MR) is 88.6 cm³/mol. The lowest BCUT2D eigenvalue weighted by atomic mass is 9.92. The van der Waals surface area contributed by atoms with Crippen LogP contribution in [-0.4, -0.2) is 43.6 Å². The van der Waals surface area contributed by atoms with Crippen molar-refractivity contribution < 1.29 is 26.3 Å². The number of pyridine rings is 1. The first-order valence-corrected chi connectivity index (χ1v) is 10.0. The van der Waals surface area contributed by atoms with Crippen LogP contribution in [0.1, 0.15) is 31.4 Å². The molecule has 2 heterocycles. The van der Waals surface area contributed by atoms with Gasteiger partial charge in [-0.25, -0.2) is 10.1 Å². The third-order valence-electron chi connectivity index (χ3n) is 5.32. The summed E-state index contributed by atoms with van der Waals surface area (Å²) in [5, 5.41) is 5.15. The minimum Gasteiger partial charge on any atom is -0.477 e. The van der Waals surface area contributed by atoms with Gasteiger partial charge in [0, 0.05) is 31.3 Å². The summed E-state index contributed by atoms with van der Waals surface area (Å²) in [4.78, 5) is 4.13. The Balaban J connectivity index is 1.48. The maximum Gasteiger partial charge on any atom is 0.389 e. The van der Waals surface area contributed by atoms with E-state index in [0.29, 0.717) is 37.2 Å². The molecule has 146 valence electrons. The van der Waals surface area contributed by atoms with Crippen LogP contribution in [0.3, 0.4) is 0 Å². The van der Waals surface area contributed by atoms with Crippen LogP contribution in [0.2, 0.25) is 0 Å². The number of alkyl halides is 3. The third-order valence-corrected chi connectivity index (χ3v) is 6.40. The van der Waals surface area contributed by atoms with Crippen LogP contribution in [0.25, 0.3) is 0 Å². The number of halogens is 3. The Bertz CT molecular complexity index is 747. The summed E-state index contributed by atoms with van der Waals surface area (Å²) in [5.74, 6) is 0.638. The summed E-state index contributed by atoms with van der Waals surface area (Å²) in [7, 11) is -3.63. The van der Waals surface area contributed by atoms with E-state index in [-0.39, 0.29) is 11.8 Å². The molecular formula is C16H22F3N3O3S. The van der Waals surface area contributed by atoms with Crippen LogP contribution in [-0.2, 0) is 16.6 Å². The van der Waals surface area contributed by atoms with E-state index in [1.807, 2.05) is 0 Å². The first kappa shape index (κ1) is 19.4. The van der Waals surface area contributed by atoms with Gasteiger partial charge in [0.15, 0.2) is 0 Å². The van der Waals surface area contributed by atoms with Gasteiger partial charge in [-0.15, -0.1) is 0 Å². The molecule has 2 aliphatic rings. The summed E-state index contributed by atoms with van der Waals surface area (Å²) in [6.45, 7) is 1.27. The average molecular weight is 393 g/mol. The molecule has 1 aliphatic heterocycles. The summed E-state index contributed by atoms with van der Waals surface area (Å²) in [6, 6.07) is 4.83. The van der Waals surface area contributed by atoms with E-state index in [2.05, 4.69) is 4.98 Å². The maximum absolute atomic E-state index is 12.3. The first-order chi connectivity index (χ1) is 12.1. The number of hydrogen-bond donors (Lipinski definition) is 1. The molecule has 0 unspecified atom stereocenters. The third kappa shape index (κ3) is 4.86. The Kier molecular flexibility index (Phi) is 5.19. The Hall–Kier alpha value is -1.39.